The maximum absolute atomic E-state index is 12.3. The molecule has 2 aromatic rings. The summed E-state index contributed by atoms with van der Waals surface area (Å²) in [7, 11) is -0.305. The minimum atomic E-state index is -3.38. The Morgan fingerprint density at radius 1 is 1.23 bits per heavy atom. The number of nitrogens with zero attached hydrogens (tertiary/aromatic N) is 4. The van der Waals surface area contributed by atoms with E-state index in [1.165, 1.54) is 22.7 Å². The van der Waals surface area contributed by atoms with Gasteiger partial charge in [-0.1, -0.05) is 0 Å². The second-order valence-corrected chi connectivity index (χ2v) is 9.56. The Morgan fingerprint density at radius 3 is 2.47 bits per heavy atom. The van der Waals surface area contributed by atoms with Crippen LogP contribution in [0.4, 0.5) is 0 Å². The fourth-order valence-corrected chi connectivity index (χ4v) is 4.38. The number of ether oxygens (including phenoxy) is 1. The molecule has 1 fully saturated rings. The fourth-order valence-electron chi connectivity index (χ4n) is 3.24. The third-order valence-corrected chi connectivity index (χ3v) is 7.01. The standard InChI is InChI=1S/C20H29N5O4S/c1-4-24-15-16(14-22-24)13-21-20(26)17-5-7-18(8-6-17)29-19-9-11-25(12-10-19)30(27,28)23(2)3/h5-8,14-15,19H,4,9-13H2,1-3H3,(H,21,26). The molecule has 9 nitrogen and oxygen atoms in total. The first kappa shape index (κ1) is 22.3. The first-order valence-electron chi connectivity index (χ1n) is 10.0. The zero-order valence-electron chi connectivity index (χ0n) is 17.6. The van der Waals surface area contributed by atoms with E-state index in [0.717, 1.165) is 12.1 Å². The predicted molar refractivity (Wildman–Crippen MR) is 113 cm³/mol. The molecule has 10 heteroatoms. The first-order valence-corrected chi connectivity index (χ1v) is 11.4. The summed E-state index contributed by atoms with van der Waals surface area (Å²) < 4.78 is 34.9. The van der Waals surface area contributed by atoms with Crippen molar-refractivity contribution in [3.8, 4) is 5.75 Å². The maximum Gasteiger partial charge on any atom is 0.281 e. The van der Waals surface area contributed by atoms with Crippen LogP contribution in [0.5, 0.6) is 5.75 Å². The summed E-state index contributed by atoms with van der Waals surface area (Å²) in [6, 6.07) is 7.00. The SMILES string of the molecule is CCn1cc(CNC(=O)c2ccc(OC3CCN(S(=O)(=O)N(C)C)CC3)cc2)cn1. The number of carbonyl (C=O) groups excluding carboxylic acids is 1. The molecule has 0 saturated carbocycles. The average Bonchev–Trinajstić information content (AvgIpc) is 3.21. The van der Waals surface area contributed by atoms with Gasteiger partial charge in [0.1, 0.15) is 11.9 Å². The van der Waals surface area contributed by atoms with Crippen molar-refractivity contribution >= 4 is 16.1 Å². The molecule has 1 aliphatic heterocycles. The molecule has 0 atom stereocenters. The molecular formula is C20H29N5O4S. The van der Waals surface area contributed by atoms with Crippen LogP contribution in [0.15, 0.2) is 36.7 Å². The smallest absolute Gasteiger partial charge is 0.281 e. The van der Waals surface area contributed by atoms with Crippen LogP contribution in [0.2, 0.25) is 0 Å². The van der Waals surface area contributed by atoms with Crippen LogP contribution in [0.3, 0.4) is 0 Å². The number of nitrogens with one attached hydrogen (secondary N) is 1. The van der Waals surface area contributed by atoms with Gasteiger partial charge in [-0.2, -0.15) is 22.1 Å². The van der Waals surface area contributed by atoms with Gasteiger partial charge in [-0.15, -0.1) is 0 Å². The molecule has 0 bridgehead atoms. The number of hydrogen-bond donors (Lipinski definition) is 1. The summed E-state index contributed by atoms with van der Waals surface area (Å²) in [5, 5.41) is 7.07. The molecule has 1 saturated heterocycles. The van der Waals surface area contributed by atoms with Crippen LogP contribution in [0.1, 0.15) is 35.7 Å². The number of benzene rings is 1. The molecule has 0 aliphatic carbocycles. The van der Waals surface area contributed by atoms with Crippen molar-refractivity contribution in [1.82, 2.24) is 23.7 Å². The molecule has 1 amide bonds. The maximum atomic E-state index is 12.3. The third kappa shape index (κ3) is 5.38. The van der Waals surface area contributed by atoms with Gasteiger partial charge in [0.25, 0.3) is 16.1 Å². The highest BCUT2D eigenvalue weighted by Gasteiger charge is 2.30. The van der Waals surface area contributed by atoms with E-state index >= 15 is 0 Å². The summed E-state index contributed by atoms with van der Waals surface area (Å²) in [5.74, 6) is 0.512. The van der Waals surface area contributed by atoms with Crippen molar-refractivity contribution in [3.63, 3.8) is 0 Å². The third-order valence-electron chi connectivity index (χ3n) is 5.07. The van der Waals surface area contributed by atoms with E-state index in [0.29, 0.717) is 43.8 Å². The van der Waals surface area contributed by atoms with E-state index in [-0.39, 0.29) is 12.0 Å². The van der Waals surface area contributed by atoms with Crippen molar-refractivity contribution in [3.05, 3.63) is 47.8 Å². The molecule has 1 aromatic heterocycles. The molecule has 0 spiro atoms. The number of amides is 1. The van der Waals surface area contributed by atoms with Crippen LogP contribution in [0, 0.1) is 0 Å². The van der Waals surface area contributed by atoms with Gasteiger partial charge in [-0.05, 0) is 44.0 Å². The topological polar surface area (TPSA) is 96.8 Å². The van der Waals surface area contributed by atoms with Gasteiger partial charge in [0, 0.05) is 57.6 Å². The zero-order valence-corrected chi connectivity index (χ0v) is 18.4. The summed E-state index contributed by atoms with van der Waals surface area (Å²) in [6.07, 6.45) is 4.86. The van der Waals surface area contributed by atoms with Crippen LogP contribution in [0.25, 0.3) is 0 Å². The highest BCUT2D eigenvalue weighted by atomic mass is 32.2. The first-order chi connectivity index (χ1) is 14.3. The lowest BCUT2D eigenvalue weighted by Gasteiger charge is -2.32. The second-order valence-electron chi connectivity index (χ2n) is 7.42. The zero-order chi connectivity index (χ0) is 21.7. The lowest BCUT2D eigenvalue weighted by atomic mass is 10.1. The summed E-state index contributed by atoms with van der Waals surface area (Å²) in [6.45, 7) is 4.08. The van der Waals surface area contributed by atoms with E-state index in [1.54, 1.807) is 30.5 Å². The lowest BCUT2D eigenvalue weighted by Crippen LogP contribution is -2.46. The Kier molecular flexibility index (Phi) is 7.11. The molecule has 3 rings (SSSR count). The van der Waals surface area contributed by atoms with Crippen LogP contribution in [-0.2, 0) is 23.3 Å². The number of aryl methyl sites for hydroxylation is 1. The van der Waals surface area contributed by atoms with E-state index in [2.05, 4.69) is 10.4 Å². The van der Waals surface area contributed by atoms with Crippen molar-refractivity contribution in [2.24, 2.45) is 0 Å². The lowest BCUT2D eigenvalue weighted by molar-refractivity contribution is 0.0950. The summed E-state index contributed by atoms with van der Waals surface area (Å²) in [5.41, 5.74) is 1.50. The van der Waals surface area contributed by atoms with Crippen molar-refractivity contribution in [1.29, 1.82) is 0 Å². The average molecular weight is 436 g/mol. The number of rotatable bonds is 8. The fraction of sp³-hybridized carbons (Fsp3) is 0.500. The van der Waals surface area contributed by atoms with Crippen LogP contribution in [-0.4, -0.2) is 66.0 Å². The Bertz CT molecular complexity index is 948. The largest absolute Gasteiger partial charge is 0.490 e. The van der Waals surface area contributed by atoms with E-state index in [9.17, 15) is 13.2 Å². The molecule has 1 aromatic carbocycles. The van der Waals surface area contributed by atoms with E-state index in [1.807, 2.05) is 17.8 Å². The van der Waals surface area contributed by atoms with Gasteiger partial charge in [0.05, 0.1) is 6.20 Å². The summed E-state index contributed by atoms with van der Waals surface area (Å²) >= 11 is 0. The minimum Gasteiger partial charge on any atom is -0.490 e. The van der Waals surface area contributed by atoms with Gasteiger partial charge in [0.15, 0.2) is 0 Å². The van der Waals surface area contributed by atoms with E-state index in [4.69, 9.17) is 4.74 Å². The molecule has 1 aliphatic rings. The Balaban J connectivity index is 1.48. The molecule has 0 radical (unpaired) electrons. The molecule has 2 heterocycles. The van der Waals surface area contributed by atoms with Crippen LogP contribution < -0.4 is 10.1 Å². The highest BCUT2D eigenvalue weighted by molar-refractivity contribution is 7.86. The van der Waals surface area contributed by atoms with Gasteiger partial charge < -0.3 is 10.1 Å². The normalized spacial score (nSPS) is 16.0. The van der Waals surface area contributed by atoms with Gasteiger partial charge in [-0.25, -0.2) is 0 Å². The monoisotopic (exact) mass is 435 g/mol. The number of aromatic nitrogens is 2. The Morgan fingerprint density at radius 2 is 1.90 bits per heavy atom. The quantitative estimate of drug-likeness (QED) is 0.678. The Labute approximate surface area is 177 Å². The van der Waals surface area contributed by atoms with Gasteiger partial charge in [0.2, 0.25) is 0 Å². The van der Waals surface area contributed by atoms with Gasteiger partial charge >= 0.3 is 0 Å². The van der Waals surface area contributed by atoms with Crippen molar-refractivity contribution in [2.45, 2.75) is 39.0 Å². The number of carbonyl (C=O) groups is 1. The van der Waals surface area contributed by atoms with Crippen molar-refractivity contribution < 1.29 is 17.9 Å². The predicted octanol–water partition coefficient (Wildman–Crippen LogP) is 1.48. The second kappa shape index (κ2) is 9.59. The molecule has 1 N–H and O–H groups in total. The molecule has 0 unspecified atom stereocenters. The molecule has 30 heavy (non-hydrogen) atoms. The van der Waals surface area contributed by atoms with E-state index < -0.39 is 10.2 Å². The summed E-state index contributed by atoms with van der Waals surface area (Å²) in [4.78, 5) is 12.3. The highest BCUT2D eigenvalue weighted by Crippen LogP contribution is 2.21. The van der Waals surface area contributed by atoms with Crippen molar-refractivity contribution in [2.75, 3.05) is 27.2 Å². The number of piperidine rings is 1. The van der Waals surface area contributed by atoms with Crippen LogP contribution >= 0.6 is 0 Å². The number of hydrogen-bond acceptors (Lipinski definition) is 5. The van der Waals surface area contributed by atoms with Gasteiger partial charge in [-0.3, -0.25) is 9.48 Å². The minimum absolute atomic E-state index is 0.0478. The molecular weight excluding hydrogens is 406 g/mol. The molecule has 164 valence electrons. The Hall–Kier alpha value is -2.43.